The quantitative estimate of drug-likeness (QED) is 0.176. The second kappa shape index (κ2) is 13.2. The van der Waals surface area contributed by atoms with Crippen molar-refractivity contribution >= 4 is 18.0 Å². The van der Waals surface area contributed by atoms with Crippen molar-refractivity contribution in [2.24, 2.45) is 0 Å². The first-order valence-corrected chi connectivity index (χ1v) is 11.3. The third-order valence-corrected chi connectivity index (χ3v) is 5.32. The fourth-order valence-electron chi connectivity index (χ4n) is 3.64. The first-order valence-electron chi connectivity index (χ1n) is 11.3. The number of nitrogens with one attached hydrogen (secondary N) is 1. The average Bonchev–Trinajstić information content (AvgIpc) is 2.81. The Morgan fingerprint density at radius 1 is 1.00 bits per heavy atom. The summed E-state index contributed by atoms with van der Waals surface area (Å²) in [5, 5.41) is 14.3. The maximum absolute atomic E-state index is 12.4. The summed E-state index contributed by atoms with van der Waals surface area (Å²) in [6, 6.07) is 5.80. The number of ether oxygens (including phenoxy) is 4. The molecule has 0 saturated heterocycles. The number of benzene rings is 1. The van der Waals surface area contributed by atoms with Gasteiger partial charge >= 0.3 is 12.3 Å². The molecule has 0 spiro atoms. The predicted octanol–water partition coefficient (Wildman–Crippen LogP) is 6.04. The zero-order valence-electron chi connectivity index (χ0n) is 20.0. The Bertz CT molecular complexity index is 954. The minimum Gasteiger partial charge on any atom is -0.437 e. The van der Waals surface area contributed by atoms with Crippen LogP contribution < -0.4 is 5.32 Å². The van der Waals surface area contributed by atoms with Gasteiger partial charge in [-0.1, -0.05) is 51.2 Å². The molecule has 1 unspecified atom stereocenters. The Kier molecular flexibility index (Phi) is 10.4. The van der Waals surface area contributed by atoms with Crippen molar-refractivity contribution in [1.82, 2.24) is 5.32 Å². The molecule has 2 rings (SSSR count). The van der Waals surface area contributed by atoms with Gasteiger partial charge in [0.1, 0.15) is 17.4 Å². The van der Waals surface area contributed by atoms with E-state index in [0.717, 1.165) is 39.2 Å². The molecule has 1 N–H and O–H groups in total. The number of allylic oxidation sites excluding steroid dienone is 2. The molecular weight excluding hydrogens is 444 g/mol. The fraction of sp³-hybridized carbons (Fsp3) is 0.500. The van der Waals surface area contributed by atoms with Crippen molar-refractivity contribution in [3.63, 3.8) is 0 Å². The molecule has 0 aliphatic carbocycles. The van der Waals surface area contributed by atoms with E-state index < -0.39 is 23.2 Å². The molecule has 186 valence electrons. The molecule has 0 saturated carbocycles. The van der Waals surface area contributed by atoms with Gasteiger partial charge in [-0.2, -0.15) is 0 Å². The number of nitro benzene ring substituents is 1. The maximum Gasteiger partial charge on any atom is 0.513 e. The molecule has 10 heteroatoms. The Balaban J connectivity index is 2.23. The number of dihydropyridines is 1. The lowest BCUT2D eigenvalue weighted by Gasteiger charge is -2.30. The highest BCUT2D eigenvalue weighted by Crippen LogP contribution is 2.40. The normalized spacial score (nSPS) is 15.5. The number of carbonyl (C=O) groups is 2. The average molecular weight is 477 g/mol. The summed E-state index contributed by atoms with van der Waals surface area (Å²) in [7, 11) is 1.16. The van der Waals surface area contributed by atoms with E-state index in [1.807, 2.05) is 0 Å². The van der Waals surface area contributed by atoms with E-state index >= 15 is 0 Å². The first kappa shape index (κ1) is 26.7. The SMILES string of the molecule is CCCCCCCCOC(=O)OC1=C(C)NC(C)=C(OC(=O)OC)C1c1cccc([N+](=O)[O-])c1. The summed E-state index contributed by atoms with van der Waals surface area (Å²) in [6.07, 6.45) is 4.36. The number of nitro groups is 1. The van der Waals surface area contributed by atoms with E-state index in [1.54, 1.807) is 19.9 Å². The highest BCUT2D eigenvalue weighted by Gasteiger charge is 2.36. The molecule has 10 nitrogen and oxygen atoms in total. The van der Waals surface area contributed by atoms with Gasteiger partial charge in [0.05, 0.1) is 30.0 Å². The van der Waals surface area contributed by atoms with Crippen molar-refractivity contribution < 1.29 is 33.5 Å². The Morgan fingerprint density at radius 2 is 1.62 bits per heavy atom. The summed E-state index contributed by atoms with van der Waals surface area (Å²) in [4.78, 5) is 35.1. The van der Waals surface area contributed by atoms with Gasteiger partial charge in [0.25, 0.3) is 5.69 Å². The second-order valence-corrected chi connectivity index (χ2v) is 7.91. The van der Waals surface area contributed by atoms with Crippen molar-refractivity contribution in [1.29, 1.82) is 0 Å². The molecule has 0 amide bonds. The van der Waals surface area contributed by atoms with E-state index in [9.17, 15) is 19.7 Å². The first-order chi connectivity index (χ1) is 16.3. The number of methoxy groups -OCH3 is 1. The van der Waals surface area contributed by atoms with E-state index in [0.29, 0.717) is 17.0 Å². The van der Waals surface area contributed by atoms with Gasteiger partial charge in [-0.05, 0) is 25.8 Å². The van der Waals surface area contributed by atoms with Crippen LogP contribution in [0, 0.1) is 10.1 Å². The third kappa shape index (κ3) is 7.50. The maximum atomic E-state index is 12.4. The lowest BCUT2D eigenvalue weighted by atomic mass is 9.90. The van der Waals surface area contributed by atoms with Crippen LogP contribution in [0.3, 0.4) is 0 Å². The second-order valence-electron chi connectivity index (χ2n) is 7.91. The molecule has 1 aromatic carbocycles. The number of nitrogens with zero attached hydrogens (tertiary/aromatic N) is 1. The third-order valence-electron chi connectivity index (χ3n) is 5.32. The summed E-state index contributed by atoms with van der Waals surface area (Å²) < 4.78 is 20.7. The predicted molar refractivity (Wildman–Crippen MR) is 124 cm³/mol. The Morgan fingerprint density at radius 3 is 2.24 bits per heavy atom. The number of unbranched alkanes of at least 4 members (excludes halogenated alkanes) is 5. The topological polar surface area (TPSA) is 126 Å². The largest absolute Gasteiger partial charge is 0.513 e. The van der Waals surface area contributed by atoms with Gasteiger partial charge in [0, 0.05) is 12.1 Å². The molecule has 1 heterocycles. The summed E-state index contributed by atoms with van der Waals surface area (Å²) in [5.41, 5.74) is 1.18. The summed E-state index contributed by atoms with van der Waals surface area (Å²) >= 11 is 0. The molecule has 0 aromatic heterocycles. The molecule has 34 heavy (non-hydrogen) atoms. The monoisotopic (exact) mass is 476 g/mol. The van der Waals surface area contributed by atoms with Crippen molar-refractivity contribution in [2.45, 2.75) is 65.2 Å². The number of hydrogen-bond acceptors (Lipinski definition) is 9. The summed E-state index contributed by atoms with van der Waals surface area (Å²) in [5.74, 6) is -0.712. The Hall–Kier alpha value is -3.56. The van der Waals surface area contributed by atoms with Gasteiger partial charge in [-0.25, -0.2) is 9.59 Å². The molecule has 0 bridgehead atoms. The minimum atomic E-state index is -0.976. The van der Waals surface area contributed by atoms with E-state index in [1.165, 1.54) is 24.6 Å². The van der Waals surface area contributed by atoms with Gasteiger partial charge in [0.15, 0.2) is 0 Å². The zero-order chi connectivity index (χ0) is 25.1. The van der Waals surface area contributed by atoms with Crippen LogP contribution in [0.4, 0.5) is 15.3 Å². The van der Waals surface area contributed by atoms with Crippen molar-refractivity contribution in [2.75, 3.05) is 13.7 Å². The highest BCUT2D eigenvalue weighted by atomic mass is 16.7. The molecule has 0 fully saturated rings. The van der Waals surface area contributed by atoms with Gasteiger partial charge in [-0.3, -0.25) is 10.1 Å². The van der Waals surface area contributed by atoms with Crippen LogP contribution >= 0.6 is 0 Å². The van der Waals surface area contributed by atoms with Crippen LogP contribution in [0.25, 0.3) is 0 Å². The molecule has 1 atom stereocenters. The van der Waals surface area contributed by atoms with Crippen LogP contribution in [0.1, 0.15) is 70.8 Å². The molecule has 1 aliphatic rings. The lowest BCUT2D eigenvalue weighted by molar-refractivity contribution is -0.384. The molecule has 0 radical (unpaired) electrons. The lowest BCUT2D eigenvalue weighted by Crippen LogP contribution is -2.29. The van der Waals surface area contributed by atoms with Crippen molar-refractivity contribution in [3.8, 4) is 0 Å². The van der Waals surface area contributed by atoms with Gasteiger partial charge in [-0.15, -0.1) is 0 Å². The molecular formula is C24H32N2O8. The number of non-ortho nitro benzene ring substituents is 1. The van der Waals surface area contributed by atoms with Crippen molar-refractivity contribution in [3.05, 3.63) is 62.9 Å². The van der Waals surface area contributed by atoms with Gasteiger partial charge in [0.2, 0.25) is 0 Å². The van der Waals surface area contributed by atoms with Crippen LogP contribution in [-0.4, -0.2) is 31.0 Å². The summed E-state index contributed by atoms with van der Waals surface area (Å²) in [6.45, 7) is 5.71. The standard InChI is InChI=1S/C24H32N2O8/c1-5-6-7-8-9-10-14-32-24(28)34-22-17(3)25-16(2)21(33-23(27)31-4)20(22)18-12-11-13-19(15-18)26(29)30/h11-13,15,20,25H,5-10,14H2,1-4H3. The smallest absolute Gasteiger partial charge is 0.437 e. The molecule has 1 aliphatic heterocycles. The number of carbonyl (C=O) groups excluding carboxylic acids is 2. The van der Waals surface area contributed by atoms with Crippen LogP contribution in [0.2, 0.25) is 0 Å². The Labute approximate surface area is 199 Å². The van der Waals surface area contributed by atoms with Crippen LogP contribution in [0.5, 0.6) is 0 Å². The fourth-order valence-corrected chi connectivity index (χ4v) is 3.64. The molecule has 1 aromatic rings. The van der Waals surface area contributed by atoms with Crippen LogP contribution in [0.15, 0.2) is 47.2 Å². The minimum absolute atomic E-state index is 0.0941. The van der Waals surface area contributed by atoms with E-state index in [-0.39, 0.29) is 23.8 Å². The zero-order valence-corrected chi connectivity index (χ0v) is 20.0. The van der Waals surface area contributed by atoms with E-state index in [2.05, 4.69) is 17.0 Å². The number of hydrogen-bond donors (Lipinski definition) is 1. The highest BCUT2D eigenvalue weighted by molar-refractivity contribution is 5.65. The van der Waals surface area contributed by atoms with Gasteiger partial charge < -0.3 is 24.3 Å². The van der Waals surface area contributed by atoms with Crippen LogP contribution in [-0.2, 0) is 18.9 Å². The number of rotatable bonds is 11. The van der Waals surface area contributed by atoms with E-state index in [4.69, 9.17) is 14.2 Å².